The van der Waals surface area contributed by atoms with E-state index in [9.17, 15) is 17.6 Å². The number of hydrogen-bond donors (Lipinski definition) is 0. The monoisotopic (exact) mass is 372 g/mol. The molecule has 3 aromatic rings. The van der Waals surface area contributed by atoms with Gasteiger partial charge in [-0.05, 0) is 30.3 Å². The van der Waals surface area contributed by atoms with E-state index in [0.717, 1.165) is 18.2 Å². The summed E-state index contributed by atoms with van der Waals surface area (Å²) in [6, 6.07) is 7.98. The Morgan fingerprint density at radius 2 is 1.80 bits per heavy atom. The van der Waals surface area contributed by atoms with E-state index in [1.165, 1.54) is 24.3 Å². The maximum atomic E-state index is 13.0. The average molecular weight is 373 g/mol. The molecule has 0 bridgehead atoms. The van der Waals surface area contributed by atoms with Gasteiger partial charge in [0.15, 0.2) is 6.61 Å². The van der Waals surface area contributed by atoms with Crippen molar-refractivity contribution in [3.05, 3.63) is 64.8 Å². The molecule has 0 saturated heterocycles. The number of aromatic nitrogens is 2. The van der Waals surface area contributed by atoms with Crippen LogP contribution in [0.1, 0.15) is 11.5 Å². The molecule has 0 aliphatic rings. The molecule has 0 amide bonds. The van der Waals surface area contributed by atoms with E-state index >= 15 is 0 Å². The fraction of sp³-hybridized carbons (Fsp3) is 0.125. The van der Waals surface area contributed by atoms with Crippen LogP contribution in [0.3, 0.4) is 0 Å². The molecule has 1 aromatic heterocycles. The quantitative estimate of drug-likeness (QED) is 0.596. The Hall–Kier alpha value is -2.61. The van der Waals surface area contributed by atoms with Crippen molar-refractivity contribution in [3.63, 3.8) is 0 Å². The van der Waals surface area contributed by atoms with E-state index in [4.69, 9.17) is 20.9 Å². The van der Waals surface area contributed by atoms with Gasteiger partial charge in [-0.1, -0.05) is 28.9 Å². The summed E-state index contributed by atoms with van der Waals surface area (Å²) in [5.74, 6) is -0.0510. The van der Waals surface area contributed by atoms with Gasteiger partial charge in [0.2, 0.25) is 5.82 Å². The second-order valence-electron chi connectivity index (χ2n) is 4.95. The molecule has 0 unspecified atom stereocenters. The first-order valence-corrected chi connectivity index (χ1v) is 7.29. The van der Waals surface area contributed by atoms with Gasteiger partial charge in [-0.15, -0.1) is 0 Å². The molecule has 2 aromatic carbocycles. The highest BCUT2D eigenvalue weighted by atomic mass is 35.5. The number of halogens is 5. The first-order chi connectivity index (χ1) is 11.8. The highest BCUT2D eigenvalue weighted by Gasteiger charge is 2.30. The van der Waals surface area contributed by atoms with Gasteiger partial charge in [0, 0.05) is 5.56 Å². The Morgan fingerprint density at radius 3 is 2.44 bits per heavy atom. The van der Waals surface area contributed by atoms with Crippen molar-refractivity contribution < 1.29 is 26.8 Å². The minimum atomic E-state index is -4.41. The van der Waals surface area contributed by atoms with Crippen LogP contribution in [-0.4, -0.2) is 10.1 Å². The Kier molecular flexibility index (Phi) is 4.63. The van der Waals surface area contributed by atoms with Crippen LogP contribution in [0.4, 0.5) is 17.6 Å². The minimum absolute atomic E-state index is 0.0856. The third kappa shape index (κ3) is 4.08. The highest BCUT2D eigenvalue weighted by Crippen LogP contribution is 2.30. The molecule has 0 saturated carbocycles. The van der Waals surface area contributed by atoms with Crippen LogP contribution in [0.25, 0.3) is 11.4 Å². The van der Waals surface area contributed by atoms with Crippen LogP contribution >= 0.6 is 11.6 Å². The zero-order valence-corrected chi connectivity index (χ0v) is 13.1. The first-order valence-electron chi connectivity index (χ1n) is 6.91. The lowest BCUT2D eigenvalue weighted by Gasteiger charge is -2.06. The van der Waals surface area contributed by atoms with Gasteiger partial charge in [-0.2, -0.15) is 18.2 Å². The summed E-state index contributed by atoms with van der Waals surface area (Å²) >= 11 is 5.82. The number of alkyl halides is 3. The minimum Gasteiger partial charge on any atom is -0.482 e. The van der Waals surface area contributed by atoms with Crippen molar-refractivity contribution in [1.82, 2.24) is 10.1 Å². The molecular weight excluding hydrogens is 364 g/mol. The predicted octanol–water partition coefficient (Wildman–Crippen LogP) is 5.13. The maximum Gasteiger partial charge on any atom is 0.416 e. The Labute approximate surface area is 144 Å². The molecule has 0 N–H and O–H groups in total. The summed E-state index contributed by atoms with van der Waals surface area (Å²) in [4.78, 5) is 4.03. The lowest BCUT2D eigenvalue weighted by molar-refractivity contribution is -0.137. The van der Waals surface area contributed by atoms with Gasteiger partial charge in [-0.25, -0.2) is 4.39 Å². The summed E-state index contributed by atoms with van der Waals surface area (Å²) in [5.41, 5.74) is -0.405. The van der Waals surface area contributed by atoms with Crippen molar-refractivity contribution in [2.45, 2.75) is 12.8 Å². The van der Waals surface area contributed by atoms with E-state index in [-0.39, 0.29) is 29.1 Å². The van der Waals surface area contributed by atoms with Gasteiger partial charge in [-0.3, -0.25) is 0 Å². The summed E-state index contributed by atoms with van der Waals surface area (Å²) < 4.78 is 60.9. The second kappa shape index (κ2) is 6.72. The number of rotatable bonds is 4. The van der Waals surface area contributed by atoms with Crippen molar-refractivity contribution in [2.75, 3.05) is 0 Å². The van der Waals surface area contributed by atoms with Crippen LogP contribution in [0.2, 0.25) is 5.02 Å². The normalized spacial score (nSPS) is 11.6. The molecule has 0 aliphatic heterocycles. The van der Waals surface area contributed by atoms with E-state index in [1.807, 2.05) is 0 Å². The van der Waals surface area contributed by atoms with Crippen LogP contribution in [0, 0.1) is 5.82 Å². The topological polar surface area (TPSA) is 48.2 Å². The second-order valence-corrected chi connectivity index (χ2v) is 5.36. The van der Waals surface area contributed by atoms with Gasteiger partial charge in [0.1, 0.15) is 11.6 Å². The fourth-order valence-electron chi connectivity index (χ4n) is 1.97. The Bertz CT molecular complexity index is 879. The largest absolute Gasteiger partial charge is 0.482 e. The average Bonchev–Trinajstić information content (AvgIpc) is 3.02. The van der Waals surface area contributed by atoms with E-state index < -0.39 is 17.6 Å². The number of nitrogens with zero attached hydrogens (tertiary/aromatic N) is 2. The zero-order valence-electron chi connectivity index (χ0n) is 12.3. The number of hydrogen-bond acceptors (Lipinski definition) is 4. The van der Waals surface area contributed by atoms with Crippen LogP contribution in [0.5, 0.6) is 5.75 Å². The number of ether oxygens (including phenoxy) is 1. The Balaban J connectivity index is 1.70. The van der Waals surface area contributed by atoms with E-state index in [0.29, 0.717) is 5.56 Å². The molecule has 9 heteroatoms. The third-order valence-corrected chi connectivity index (χ3v) is 3.48. The first kappa shape index (κ1) is 17.2. The fourth-order valence-corrected chi connectivity index (χ4v) is 2.19. The van der Waals surface area contributed by atoms with Gasteiger partial charge >= 0.3 is 6.18 Å². The molecule has 0 atom stereocenters. The van der Waals surface area contributed by atoms with Gasteiger partial charge in [0.25, 0.3) is 5.89 Å². The lowest BCUT2D eigenvalue weighted by atomic mass is 10.1. The molecular formula is C16H9ClF4N2O2. The molecule has 4 nitrogen and oxygen atoms in total. The standard InChI is InChI=1S/C16H9ClF4N2O2/c17-12-7-11(18)5-6-13(12)24-8-14-22-15(23-25-14)9-1-3-10(4-2-9)16(19,20)21/h1-7H,8H2. The van der Waals surface area contributed by atoms with Crippen molar-refractivity contribution in [1.29, 1.82) is 0 Å². The molecule has 0 aliphatic carbocycles. The molecule has 130 valence electrons. The van der Waals surface area contributed by atoms with Crippen molar-refractivity contribution >= 4 is 11.6 Å². The van der Waals surface area contributed by atoms with Crippen LogP contribution < -0.4 is 4.74 Å². The zero-order chi connectivity index (χ0) is 18.0. The molecule has 0 fully saturated rings. The molecule has 3 rings (SSSR count). The van der Waals surface area contributed by atoms with E-state index in [1.54, 1.807) is 0 Å². The highest BCUT2D eigenvalue weighted by molar-refractivity contribution is 6.32. The molecule has 0 radical (unpaired) electrons. The SMILES string of the molecule is Fc1ccc(OCc2nc(-c3ccc(C(F)(F)F)cc3)no2)c(Cl)c1. The van der Waals surface area contributed by atoms with E-state index in [2.05, 4.69) is 10.1 Å². The molecule has 25 heavy (non-hydrogen) atoms. The smallest absolute Gasteiger partial charge is 0.416 e. The molecule has 0 spiro atoms. The van der Waals surface area contributed by atoms with Crippen LogP contribution in [0.15, 0.2) is 47.0 Å². The summed E-state index contributed by atoms with van der Waals surface area (Å²) in [7, 11) is 0. The molecule has 1 heterocycles. The Morgan fingerprint density at radius 1 is 1.08 bits per heavy atom. The maximum absolute atomic E-state index is 13.0. The van der Waals surface area contributed by atoms with Gasteiger partial charge in [0.05, 0.1) is 10.6 Å². The van der Waals surface area contributed by atoms with Crippen LogP contribution in [-0.2, 0) is 12.8 Å². The summed E-state index contributed by atoms with van der Waals surface area (Å²) in [6.07, 6.45) is -4.41. The van der Waals surface area contributed by atoms with Gasteiger partial charge < -0.3 is 9.26 Å². The summed E-state index contributed by atoms with van der Waals surface area (Å²) in [5, 5.41) is 3.77. The summed E-state index contributed by atoms with van der Waals surface area (Å²) in [6.45, 7) is -0.126. The van der Waals surface area contributed by atoms with Crippen molar-refractivity contribution in [2.24, 2.45) is 0 Å². The third-order valence-electron chi connectivity index (χ3n) is 3.18. The predicted molar refractivity (Wildman–Crippen MR) is 80.5 cm³/mol. The van der Waals surface area contributed by atoms with Crippen molar-refractivity contribution in [3.8, 4) is 17.1 Å². The lowest BCUT2D eigenvalue weighted by Crippen LogP contribution is -2.04. The number of benzene rings is 2.